The molecule has 1 aromatic carbocycles. The number of fused-ring (bicyclic) bond motifs is 1. The lowest BCUT2D eigenvalue weighted by molar-refractivity contribution is 0.216. The van der Waals surface area contributed by atoms with E-state index in [4.69, 9.17) is 10.5 Å². The highest BCUT2D eigenvalue weighted by Crippen LogP contribution is 2.25. The van der Waals surface area contributed by atoms with E-state index in [9.17, 15) is 5.11 Å². The van der Waals surface area contributed by atoms with Gasteiger partial charge in [0.25, 0.3) is 0 Å². The average molecular weight is 318 g/mol. The van der Waals surface area contributed by atoms with Crippen LogP contribution in [-0.2, 0) is 6.42 Å². The lowest BCUT2D eigenvalue weighted by atomic mass is 10.1. The van der Waals surface area contributed by atoms with Gasteiger partial charge in [-0.2, -0.15) is 10.5 Å². The molecule has 2 aromatic rings. The van der Waals surface area contributed by atoms with E-state index in [0.717, 1.165) is 33.9 Å². The molecule has 19 heavy (non-hydrogen) atoms. The molecule has 1 atom stereocenters. The Morgan fingerprint density at radius 3 is 2.79 bits per heavy atom. The van der Waals surface area contributed by atoms with Gasteiger partial charge >= 0.3 is 0 Å². The summed E-state index contributed by atoms with van der Waals surface area (Å²) in [5, 5.41) is 27.7. The Morgan fingerprint density at radius 2 is 2.11 bits per heavy atom. The largest absolute Gasteiger partial charge is 0.378 e. The third-order valence-electron chi connectivity index (χ3n) is 2.94. The highest BCUT2D eigenvalue weighted by Gasteiger charge is 2.08. The fourth-order valence-electron chi connectivity index (χ4n) is 2.04. The van der Waals surface area contributed by atoms with Gasteiger partial charge in [0, 0.05) is 15.6 Å². The molecule has 0 radical (unpaired) electrons. The number of aromatic amines is 1. The zero-order valence-corrected chi connectivity index (χ0v) is 11.7. The number of hydrogen-bond acceptors (Lipinski definition) is 3. The Labute approximate surface area is 119 Å². The van der Waals surface area contributed by atoms with E-state index in [1.165, 1.54) is 0 Å². The van der Waals surface area contributed by atoms with Gasteiger partial charge in [-0.3, -0.25) is 0 Å². The molecule has 0 fully saturated rings. The molecular weight excluding hydrogens is 306 g/mol. The molecule has 1 aromatic heterocycles. The summed E-state index contributed by atoms with van der Waals surface area (Å²) < 4.78 is 0.877. The number of benzene rings is 1. The van der Waals surface area contributed by atoms with Crippen LogP contribution in [0.1, 0.15) is 24.1 Å². The first-order valence-electron chi connectivity index (χ1n) is 5.93. The second-order valence-electron chi connectivity index (χ2n) is 4.36. The van der Waals surface area contributed by atoms with E-state index >= 15 is 0 Å². The van der Waals surface area contributed by atoms with Crippen molar-refractivity contribution >= 4 is 26.8 Å². The smallest absolute Gasteiger partial charge is 0.140 e. The first kappa shape index (κ1) is 13.6. The molecule has 2 rings (SSSR count). The fourth-order valence-corrected chi connectivity index (χ4v) is 2.51. The van der Waals surface area contributed by atoms with Crippen LogP contribution in [-0.4, -0.2) is 16.2 Å². The van der Waals surface area contributed by atoms with Crippen LogP contribution < -0.4 is 0 Å². The Balaban J connectivity index is 2.18. The summed E-state index contributed by atoms with van der Waals surface area (Å²) in [5.74, 6) is 0. The van der Waals surface area contributed by atoms with Gasteiger partial charge in [-0.1, -0.05) is 15.9 Å². The SMILES string of the molecule is N#Cc1cc(Br)cc2cc(CCCC(O)C#N)[nH]c12. The average Bonchev–Trinajstić information content (AvgIpc) is 2.79. The van der Waals surface area contributed by atoms with Gasteiger partial charge in [-0.15, -0.1) is 0 Å². The number of nitrogens with zero attached hydrogens (tertiary/aromatic N) is 2. The van der Waals surface area contributed by atoms with Gasteiger partial charge in [-0.25, -0.2) is 0 Å². The molecule has 0 saturated carbocycles. The molecule has 1 heterocycles. The maximum atomic E-state index is 9.17. The summed E-state index contributed by atoms with van der Waals surface area (Å²) in [6.45, 7) is 0. The molecule has 96 valence electrons. The Kier molecular flexibility index (Phi) is 4.21. The molecule has 1 unspecified atom stereocenters. The molecule has 2 N–H and O–H groups in total. The van der Waals surface area contributed by atoms with Gasteiger partial charge in [0.1, 0.15) is 12.2 Å². The van der Waals surface area contributed by atoms with Crippen LogP contribution >= 0.6 is 15.9 Å². The molecule has 0 amide bonds. The number of rotatable bonds is 4. The van der Waals surface area contributed by atoms with Gasteiger partial charge in [0.15, 0.2) is 0 Å². The highest BCUT2D eigenvalue weighted by molar-refractivity contribution is 9.10. The second kappa shape index (κ2) is 5.88. The molecule has 0 saturated heterocycles. The predicted octanol–water partition coefficient (Wildman–Crippen LogP) is 3.01. The molecule has 4 nitrogen and oxygen atoms in total. The van der Waals surface area contributed by atoms with E-state index in [2.05, 4.69) is 27.0 Å². The van der Waals surface area contributed by atoms with Crippen molar-refractivity contribution in [2.24, 2.45) is 0 Å². The second-order valence-corrected chi connectivity index (χ2v) is 5.28. The topological polar surface area (TPSA) is 83.6 Å². The minimum absolute atomic E-state index is 0.459. The van der Waals surface area contributed by atoms with Gasteiger partial charge in [-0.05, 0) is 37.5 Å². The van der Waals surface area contributed by atoms with Crippen molar-refractivity contribution in [2.75, 3.05) is 0 Å². The normalized spacial score (nSPS) is 12.0. The summed E-state index contributed by atoms with van der Waals surface area (Å²) in [6, 6.07) is 9.70. The number of aryl methyl sites for hydroxylation is 1. The van der Waals surface area contributed by atoms with Crippen LogP contribution in [0.25, 0.3) is 10.9 Å². The summed E-state index contributed by atoms with van der Waals surface area (Å²) in [7, 11) is 0. The number of aromatic nitrogens is 1. The molecule has 0 aliphatic heterocycles. The number of H-pyrrole nitrogens is 1. The van der Waals surface area contributed by atoms with E-state index in [1.54, 1.807) is 12.1 Å². The Bertz CT molecular complexity index is 678. The van der Waals surface area contributed by atoms with Crippen LogP contribution in [0.3, 0.4) is 0 Å². The predicted molar refractivity (Wildman–Crippen MR) is 75.3 cm³/mol. The summed E-state index contributed by atoms with van der Waals surface area (Å²) in [5.41, 5.74) is 2.45. The van der Waals surface area contributed by atoms with E-state index in [-0.39, 0.29) is 0 Å². The summed E-state index contributed by atoms with van der Waals surface area (Å²) in [6.07, 6.45) is 1.04. The van der Waals surface area contributed by atoms with Gasteiger partial charge in [0.2, 0.25) is 0 Å². The lowest BCUT2D eigenvalue weighted by Crippen LogP contribution is -2.02. The third kappa shape index (κ3) is 3.14. The number of aliphatic hydroxyl groups is 1. The van der Waals surface area contributed by atoms with Crippen molar-refractivity contribution in [1.82, 2.24) is 4.98 Å². The minimum atomic E-state index is -0.895. The van der Waals surface area contributed by atoms with Crippen molar-refractivity contribution < 1.29 is 5.11 Å². The van der Waals surface area contributed by atoms with Crippen molar-refractivity contribution in [1.29, 1.82) is 10.5 Å². The zero-order chi connectivity index (χ0) is 13.8. The maximum absolute atomic E-state index is 9.17. The van der Waals surface area contributed by atoms with Crippen molar-refractivity contribution in [3.05, 3.63) is 33.9 Å². The van der Waals surface area contributed by atoms with Crippen LogP contribution in [0.15, 0.2) is 22.7 Å². The van der Waals surface area contributed by atoms with Crippen LogP contribution in [0, 0.1) is 22.7 Å². The summed E-state index contributed by atoms with van der Waals surface area (Å²) in [4.78, 5) is 3.23. The standard InChI is InChI=1S/C14H12BrN3O/c15-11-4-9-6-12(2-1-3-13(19)8-17)18-14(9)10(5-11)7-16/h4-6,13,18-19H,1-3H2. The van der Waals surface area contributed by atoms with Crippen molar-refractivity contribution in [3.8, 4) is 12.1 Å². The number of hydrogen-bond donors (Lipinski definition) is 2. The molecule has 0 aliphatic rings. The lowest BCUT2D eigenvalue weighted by Gasteiger charge is -2.00. The number of nitriles is 2. The van der Waals surface area contributed by atoms with Crippen molar-refractivity contribution in [2.45, 2.75) is 25.4 Å². The highest BCUT2D eigenvalue weighted by atomic mass is 79.9. The van der Waals surface area contributed by atoms with Crippen LogP contribution in [0.2, 0.25) is 0 Å². The van der Waals surface area contributed by atoms with E-state index in [0.29, 0.717) is 12.0 Å². The quantitative estimate of drug-likeness (QED) is 0.850. The third-order valence-corrected chi connectivity index (χ3v) is 3.40. The minimum Gasteiger partial charge on any atom is -0.378 e. The molecule has 0 aliphatic carbocycles. The Morgan fingerprint density at radius 1 is 1.32 bits per heavy atom. The summed E-state index contributed by atoms with van der Waals surface area (Å²) >= 11 is 3.38. The van der Waals surface area contributed by atoms with E-state index in [1.807, 2.05) is 12.1 Å². The fraction of sp³-hybridized carbons (Fsp3) is 0.286. The van der Waals surface area contributed by atoms with E-state index < -0.39 is 6.10 Å². The molecule has 0 spiro atoms. The van der Waals surface area contributed by atoms with Gasteiger partial charge < -0.3 is 10.1 Å². The first-order valence-corrected chi connectivity index (χ1v) is 6.72. The number of halogens is 1. The molecular formula is C14H12BrN3O. The number of nitrogens with one attached hydrogen (secondary N) is 1. The first-order chi connectivity index (χ1) is 9.13. The zero-order valence-electron chi connectivity index (χ0n) is 10.2. The monoisotopic (exact) mass is 317 g/mol. The van der Waals surface area contributed by atoms with Crippen LogP contribution in [0.5, 0.6) is 0 Å². The molecule has 5 heteroatoms. The molecule has 0 bridgehead atoms. The van der Waals surface area contributed by atoms with Crippen molar-refractivity contribution in [3.63, 3.8) is 0 Å². The van der Waals surface area contributed by atoms with Crippen LogP contribution in [0.4, 0.5) is 0 Å². The van der Waals surface area contributed by atoms with Gasteiger partial charge in [0.05, 0.1) is 17.1 Å². The maximum Gasteiger partial charge on any atom is 0.140 e. The Hall–Kier alpha value is -1.82. The number of aliphatic hydroxyl groups excluding tert-OH is 1.